The monoisotopic (exact) mass is 508 g/mol. The van der Waals surface area contributed by atoms with Crippen LogP contribution < -0.4 is 19.1 Å². The molecule has 0 atom stereocenters. The van der Waals surface area contributed by atoms with Gasteiger partial charge in [-0.1, -0.05) is 6.07 Å². The van der Waals surface area contributed by atoms with Gasteiger partial charge in [0, 0.05) is 5.69 Å². The number of alkyl halides is 3. The number of nitrogens with zero attached hydrogens (tertiary/aromatic N) is 1. The van der Waals surface area contributed by atoms with Crippen molar-refractivity contribution in [3.63, 3.8) is 0 Å². The average molecular weight is 509 g/mol. The average Bonchev–Trinajstić information content (AvgIpc) is 2.82. The van der Waals surface area contributed by atoms with Gasteiger partial charge in [-0.15, -0.1) is 0 Å². The minimum absolute atomic E-state index is 0.0863. The van der Waals surface area contributed by atoms with Crippen LogP contribution in [0.4, 0.5) is 24.5 Å². The maximum atomic E-state index is 13.7. The first-order valence-electron chi connectivity index (χ1n) is 10.2. The minimum atomic E-state index is -4.52. The predicted molar refractivity (Wildman–Crippen MR) is 125 cm³/mol. The summed E-state index contributed by atoms with van der Waals surface area (Å²) in [6, 6.07) is 14.5. The van der Waals surface area contributed by atoms with Gasteiger partial charge in [0.25, 0.3) is 10.0 Å². The van der Waals surface area contributed by atoms with Gasteiger partial charge in [0.2, 0.25) is 5.91 Å². The zero-order valence-corrected chi connectivity index (χ0v) is 19.9. The molecule has 0 aliphatic rings. The molecular weight excluding hydrogens is 485 g/mol. The third kappa shape index (κ3) is 6.04. The van der Waals surface area contributed by atoms with E-state index in [1.807, 2.05) is 0 Å². The number of nitrogens with one attached hydrogen (secondary N) is 1. The molecule has 0 aliphatic carbocycles. The lowest BCUT2D eigenvalue weighted by molar-refractivity contribution is -0.137. The molecule has 0 unspecified atom stereocenters. The summed E-state index contributed by atoms with van der Waals surface area (Å²) in [7, 11) is -1.51. The number of carbonyl (C=O) groups excluding carboxylic acids is 1. The summed E-state index contributed by atoms with van der Waals surface area (Å²) in [5, 5.41) is 2.44. The highest BCUT2D eigenvalue weighted by atomic mass is 32.2. The van der Waals surface area contributed by atoms with Crippen molar-refractivity contribution in [2.24, 2.45) is 0 Å². The van der Waals surface area contributed by atoms with Crippen molar-refractivity contribution in [2.45, 2.75) is 18.0 Å². The molecule has 0 aromatic heterocycles. The Morgan fingerprint density at radius 3 is 2.11 bits per heavy atom. The van der Waals surface area contributed by atoms with E-state index >= 15 is 0 Å². The topological polar surface area (TPSA) is 84.9 Å². The third-order valence-corrected chi connectivity index (χ3v) is 6.83. The second-order valence-electron chi connectivity index (χ2n) is 7.49. The first-order valence-corrected chi connectivity index (χ1v) is 11.7. The van der Waals surface area contributed by atoms with Crippen LogP contribution in [0.25, 0.3) is 0 Å². The van der Waals surface area contributed by atoms with E-state index < -0.39 is 34.2 Å². The van der Waals surface area contributed by atoms with Crippen molar-refractivity contribution in [3.05, 3.63) is 77.9 Å². The van der Waals surface area contributed by atoms with Crippen LogP contribution in [0, 0.1) is 6.92 Å². The fourth-order valence-electron chi connectivity index (χ4n) is 3.24. The minimum Gasteiger partial charge on any atom is -0.497 e. The van der Waals surface area contributed by atoms with Crippen molar-refractivity contribution in [1.29, 1.82) is 0 Å². The van der Waals surface area contributed by atoms with Gasteiger partial charge in [0.05, 0.1) is 25.5 Å². The lowest BCUT2D eigenvalue weighted by atomic mass is 10.2. The molecule has 3 aromatic carbocycles. The van der Waals surface area contributed by atoms with Crippen LogP contribution >= 0.6 is 0 Å². The molecule has 0 heterocycles. The molecule has 3 aromatic rings. The summed E-state index contributed by atoms with van der Waals surface area (Å²) in [4.78, 5) is 12.7. The molecule has 7 nitrogen and oxygen atoms in total. The number of hydrogen-bond acceptors (Lipinski definition) is 5. The van der Waals surface area contributed by atoms with Crippen molar-refractivity contribution in [2.75, 3.05) is 30.4 Å². The number of hydrogen-bond donors (Lipinski definition) is 1. The molecule has 186 valence electrons. The molecule has 3 rings (SSSR count). The van der Waals surface area contributed by atoms with Crippen molar-refractivity contribution in [1.82, 2.24) is 0 Å². The number of aryl methyl sites for hydroxylation is 1. The molecule has 1 amide bonds. The van der Waals surface area contributed by atoms with Crippen LogP contribution in [0.1, 0.15) is 11.1 Å². The SMILES string of the molecule is COc1ccc(N(CC(=O)Nc2ccc(C(F)(F)F)cc2)S(=O)(=O)c2cc(C)ccc2OC)cc1. The van der Waals surface area contributed by atoms with E-state index in [1.54, 1.807) is 25.1 Å². The van der Waals surface area contributed by atoms with Gasteiger partial charge >= 0.3 is 6.18 Å². The maximum absolute atomic E-state index is 13.7. The summed E-state index contributed by atoms with van der Waals surface area (Å²) >= 11 is 0. The number of benzene rings is 3. The first-order chi connectivity index (χ1) is 16.5. The number of sulfonamides is 1. The number of anilines is 2. The summed E-state index contributed by atoms with van der Waals surface area (Å²) in [5.41, 5.74) is 0.0536. The van der Waals surface area contributed by atoms with E-state index in [0.717, 1.165) is 28.6 Å². The summed E-state index contributed by atoms with van der Waals surface area (Å²) in [5.74, 6) is -0.179. The zero-order valence-electron chi connectivity index (χ0n) is 19.1. The lowest BCUT2D eigenvalue weighted by Gasteiger charge is -2.25. The van der Waals surface area contributed by atoms with Crippen LogP contribution in [-0.2, 0) is 21.0 Å². The number of ether oxygens (including phenoxy) is 2. The molecule has 0 bridgehead atoms. The highest BCUT2D eigenvalue weighted by Crippen LogP contribution is 2.32. The first kappa shape index (κ1) is 25.9. The Hall–Kier alpha value is -3.73. The number of rotatable bonds is 8. The molecular formula is C24H23F3N2O5S. The fraction of sp³-hybridized carbons (Fsp3) is 0.208. The van der Waals surface area contributed by atoms with Gasteiger partial charge in [0.1, 0.15) is 22.9 Å². The Bertz CT molecular complexity index is 1290. The quantitative estimate of drug-likeness (QED) is 0.470. The van der Waals surface area contributed by atoms with Crippen molar-refractivity contribution in [3.8, 4) is 11.5 Å². The second kappa shape index (κ2) is 10.3. The Morgan fingerprint density at radius 2 is 1.57 bits per heavy atom. The van der Waals surface area contributed by atoms with E-state index in [-0.39, 0.29) is 22.0 Å². The van der Waals surface area contributed by atoms with E-state index in [9.17, 15) is 26.4 Å². The van der Waals surface area contributed by atoms with Crippen molar-refractivity contribution < 1.29 is 35.9 Å². The number of methoxy groups -OCH3 is 2. The van der Waals surface area contributed by atoms with Gasteiger partial charge in [-0.25, -0.2) is 8.42 Å². The van der Waals surface area contributed by atoms with E-state index in [0.29, 0.717) is 11.3 Å². The second-order valence-corrected chi connectivity index (χ2v) is 9.32. The summed E-state index contributed by atoms with van der Waals surface area (Å²) in [6.07, 6.45) is -4.52. The van der Waals surface area contributed by atoms with E-state index in [2.05, 4.69) is 5.32 Å². The van der Waals surface area contributed by atoms with E-state index in [1.165, 1.54) is 38.5 Å². The standard InChI is InChI=1S/C24H23F3N2O5S/c1-16-4-13-21(34-3)22(14-16)35(31,32)29(19-9-11-20(33-2)12-10-19)15-23(30)28-18-7-5-17(6-8-18)24(25,26)27/h4-14H,15H2,1-3H3,(H,28,30). The Balaban J connectivity index is 1.96. The Labute approximate surface area is 201 Å². The summed E-state index contributed by atoms with van der Waals surface area (Å²) in [6.45, 7) is 1.07. The van der Waals surface area contributed by atoms with Gasteiger partial charge in [0.15, 0.2) is 0 Å². The smallest absolute Gasteiger partial charge is 0.416 e. The molecule has 0 spiro atoms. The summed E-state index contributed by atoms with van der Waals surface area (Å²) < 4.78 is 77.0. The molecule has 1 N–H and O–H groups in total. The van der Waals surface area contributed by atoms with Gasteiger partial charge < -0.3 is 14.8 Å². The van der Waals surface area contributed by atoms with Gasteiger partial charge in [-0.05, 0) is 73.2 Å². The highest BCUT2D eigenvalue weighted by molar-refractivity contribution is 7.93. The fourth-order valence-corrected chi connectivity index (χ4v) is 4.91. The normalized spacial score (nSPS) is 11.6. The van der Waals surface area contributed by atoms with Gasteiger partial charge in [-0.2, -0.15) is 13.2 Å². The molecule has 0 saturated heterocycles. The molecule has 0 radical (unpaired) electrons. The largest absolute Gasteiger partial charge is 0.497 e. The van der Waals surface area contributed by atoms with Gasteiger partial charge in [-0.3, -0.25) is 9.10 Å². The Morgan fingerprint density at radius 1 is 0.943 bits per heavy atom. The molecule has 0 fully saturated rings. The van der Waals surface area contributed by atoms with Crippen LogP contribution in [0.2, 0.25) is 0 Å². The zero-order chi connectivity index (χ0) is 25.8. The van der Waals surface area contributed by atoms with Crippen LogP contribution in [-0.4, -0.2) is 35.1 Å². The molecule has 35 heavy (non-hydrogen) atoms. The lowest BCUT2D eigenvalue weighted by Crippen LogP contribution is -2.38. The van der Waals surface area contributed by atoms with E-state index in [4.69, 9.17) is 9.47 Å². The predicted octanol–water partition coefficient (Wildman–Crippen LogP) is 4.87. The maximum Gasteiger partial charge on any atom is 0.416 e. The van der Waals surface area contributed by atoms with Crippen LogP contribution in [0.15, 0.2) is 71.6 Å². The number of amides is 1. The number of carbonyl (C=O) groups is 1. The molecule has 0 saturated carbocycles. The molecule has 0 aliphatic heterocycles. The molecule has 11 heteroatoms. The third-order valence-electron chi connectivity index (χ3n) is 5.03. The van der Waals surface area contributed by atoms with Crippen LogP contribution in [0.5, 0.6) is 11.5 Å². The highest BCUT2D eigenvalue weighted by Gasteiger charge is 2.31. The Kier molecular flexibility index (Phi) is 7.59. The van der Waals surface area contributed by atoms with Crippen molar-refractivity contribution >= 4 is 27.3 Å². The number of halogens is 3. The van der Waals surface area contributed by atoms with Crippen LogP contribution in [0.3, 0.4) is 0 Å².